The third-order valence-corrected chi connectivity index (χ3v) is 9.86. The van der Waals surface area contributed by atoms with Crippen molar-refractivity contribution in [2.24, 2.45) is 22.7 Å². The topological polar surface area (TPSA) is 57.7 Å². The van der Waals surface area contributed by atoms with E-state index in [1.54, 1.807) is 24.3 Å². The maximum atomic E-state index is 13.8. The zero-order valence-corrected chi connectivity index (χ0v) is 24.6. The van der Waals surface area contributed by atoms with Crippen molar-refractivity contribution in [1.82, 2.24) is 9.80 Å². The summed E-state index contributed by atoms with van der Waals surface area (Å²) in [4.78, 5) is 17.8. The summed E-state index contributed by atoms with van der Waals surface area (Å²) in [5.41, 5.74) is 0.179. The second-order valence-electron chi connectivity index (χ2n) is 12.2. The van der Waals surface area contributed by atoms with Crippen LogP contribution < -0.4 is 0 Å². The molecule has 2 aliphatic rings. The van der Waals surface area contributed by atoms with Crippen molar-refractivity contribution < 1.29 is 13.2 Å². The molecule has 0 amide bonds. The van der Waals surface area contributed by atoms with Gasteiger partial charge in [0.15, 0.2) is 5.78 Å². The summed E-state index contributed by atoms with van der Waals surface area (Å²) in [6.07, 6.45) is 11.2. The van der Waals surface area contributed by atoms with Gasteiger partial charge in [0.25, 0.3) is 0 Å². The first-order valence-electron chi connectivity index (χ1n) is 13.8. The van der Waals surface area contributed by atoms with E-state index in [1.165, 1.54) is 0 Å². The Morgan fingerprint density at radius 2 is 1.70 bits per heavy atom. The maximum Gasteiger partial charge on any atom is 0.204 e. The molecule has 0 aromatic heterocycles. The predicted octanol–water partition coefficient (Wildman–Crippen LogP) is 6.80. The highest BCUT2D eigenvalue weighted by molar-refractivity contribution is 7.95. The van der Waals surface area contributed by atoms with Gasteiger partial charge in [-0.15, -0.1) is 0 Å². The third kappa shape index (κ3) is 6.95. The summed E-state index contributed by atoms with van der Waals surface area (Å²) in [6, 6.07) is 8.84. The summed E-state index contributed by atoms with van der Waals surface area (Å²) in [6.45, 7) is 17.3. The number of benzene rings is 1. The zero-order chi connectivity index (χ0) is 27.4. The van der Waals surface area contributed by atoms with E-state index in [1.807, 2.05) is 25.4 Å². The van der Waals surface area contributed by atoms with Crippen LogP contribution in [0, 0.1) is 22.7 Å². The van der Waals surface area contributed by atoms with E-state index in [0.717, 1.165) is 44.5 Å². The molecule has 0 aliphatic carbocycles. The van der Waals surface area contributed by atoms with Crippen LogP contribution in [0.5, 0.6) is 0 Å². The van der Waals surface area contributed by atoms with Crippen LogP contribution in [-0.4, -0.2) is 43.6 Å². The normalized spacial score (nSPS) is 22.6. The van der Waals surface area contributed by atoms with Gasteiger partial charge in [-0.25, -0.2) is 8.42 Å². The van der Waals surface area contributed by atoms with E-state index in [-0.39, 0.29) is 11.2 Å². The van der Waals surface area contributed by atoms with Crippen LogP contribution in [0.4, 0.5) is 0 Å². The summed E-state index contributed by atoms with van der Waals surface area (Å²) in [5, 5.41) is 0. The van der Waals surface area contributed by atoms with Crippen LogP contribution in [0.1, 0.15) is 74.1 Å². The zero-order valence-electron chi connectivity index (χ0n) is 23.8. The number of nitrogens with zero attached hydrogens (tertiary/aromatic N) is 2. The van der Waals surface area contributed by atoms with Gasteiger partial charge < -0.3 is 9.80 Å². The minimum atomic E-state index is -3.60. The molecular weight excluding hydrogens is 480 g/mol. The number of sulfone groups is 1. The lowest BCUT2D eigenvalue weighted by atomic mass is 9.78. The van der Waals surface area contributed by atoms with Crippen molar-refractivity contribution >= 4 is 15.6 Å². The molecule has 0 bridgehead atoms. The fourth-order valence-corrected chi connectivity index (χ4v) is 7.29. The Hall–Kier alpha value is -2.34. The number of hydrogen-bond acceptors (Lipinski definition) is 5. The molecule has 5 nitrogen and oxygen atoms in total. The van der Waals surface area contributed by atoms with Gasteiger partial charge in [0.1, 0.15) is 0 Å². The van der Waals surface area contributed by atoms with Crippen LogP contribution in [0.25, 0.3) is 0 Å². The molecular formula is C31H46N2O3S. The van der Waals surface area contributed by atoms with E-state index in [2.05, 4.69) is 63.6 Å². The quantitative estimate of drug-likeness (QED) is 0.317. The lowest BCUT2D eigenvalue weighted by Crippen LogP contribution is -2.38. The summed E-state index contributed by atoms with van der Waals surface area (Å²) in [7, 11) is -3.60. The lowest BCUT2D eigenvalue weighted by molar-refractivity contribution is -0.116. The first-order valence-corrected chi connectivity index (χ1v) is 15.2. The van der Waals surface area contributed by atoms with Crippen LogP contribution in [0.3, 0.4) is 0 Å². The number of Topliss-reactive ketones (excluding diaryl/α,β-unsaturated/α-hetero) is 1. The van der Waals surface area contributed by atoms with Gasteiger partial charge in [-0.3, -0.25) is 4.79 Å². The predicted molar refractivity (Wildman–Crippen MR) is 152 cm³/mol. The molecule has 1 aromatic carbocycles. The number of hydrogen-bond donors (Lipinski definition) is 0. The van der Waals surface area contributed by atoms with Gasteiger partial charge in [-0.1, -0.05) is 72.7 Å². The molecule has 2 atom stereocenters. The molecule has 204 valence electrons. The third-order valence-electron chi connectivity index (χ3n) is 7.79. The first kappa shape index (κ1) is 29.2. The fourth-order valence-electron chi connectivity index (χ4n) is 5.38. The molecule has 3 rings (SSSR count). The highest BCUT2D eigenvalue weighted by Crippen LogP contribution is 2.45. The van der Waals surface area contributed by atoms with Crippen molar-refractivity contribution in [3.63, 3.8) is 0 Å². The number of ketones is 1. The molecule has 37 heavy (non-hydrogen) atoms. The molecule has 0 saturated heterocycles. The van der Waals surface area contributed by atoms with Crippen molar-refractivity contribution in [3.05, 3.63) is 65.5 Å². The van der Waals surface area contributed by atoms with Crippen LogP contribution in [0.2, 0.25) is 0 Å². The second kappa shape index (κ2) is 11.6. The van der Waals surface area contributed by atoms with Gasteiger partial charge >= 0.3 is 0 Å². The molecule has 2 unspecified atom stereocenters. The Morgan fingerprint density at radius 3 is 2.32 bits per heavy atom. The van der Waals surface area contributed by atoms with E-state index >= 15 is 0 Å². The lowest BCUT2D eigenvalue weighted by Gasteiger charge is -2.41. The molecule has 1 aromatic rings. The van der Waals surface area contributed by atoms with E-state index in [4.69, 9.17) is 0 Å². The number of carbonyl (C=O) groups excluding carboxylic acids is 1. The summed E-state index contributed by atoms with van der Waals surface area (Å²) >= 11 is 0. The standard InChI is InChI=1S/C31H46N2O3S/c1-8-28(34)27-22-33(18-16-30(27,5)6)21-25(4)14-15-31(7)17-19-32(20-24(2)3)23-29(31)37(35,36)26-12-10-9-11-13-26/h9-13,16,18,22-25H,8,14-15,17,19-21H2,1-7H3. The molecule has 0 saturated carbocycles. The van der Waals surface area contributed by atoms with Gasteiger partial charge in [-0.05, 0) is 43.2 Å². The molecule has 0 radical (unpaired) electrons. The molecule has 2 aliphatic heterocycles. The van der Waals surface area contributed by atoms with Crippen molar-refractivity contribution in [2.45, 2.75) is 79.0 Å². The van der Waals surface area contributed by atoms with Crippen LogP contribution >= 0.6 is 0 Å². The van der Waals surface area contributed by atoms with Crippen molar-refractivity contribution in [2.75, 3.05) is 19.6 Å². The van der Waals surface area contributed by atoms with Gasteiger partial charge in [-0.2, -0.15) is 0 Å². The number of rotatable bonds is 11. The molecule has 6 heteroatoms. The number of carbonyl (C=O) groups is 1. The first-order chi connectivity index (χ1) is 17.3. The fraction of sp³-hybridized carbons (Fsp3) is 0.581. The molecule has 0 spiro atoms. The smallest absolute Gasteiger partial charge is 0.204 e. The highest BCUT2D eigenvalue weighted by atomic mass is 32.2. The summed E-state index contributed by atoms with van der Waals surface area (Å²) in [5.74, 6) is 0.987. The minimum absolute atomic E-state index is 0.188. The maximum absolute atomic E-state index is 13.8. The molecule has 0 fully saturated rings. The monoisotopic (exact) mass is 526 g/mol. The Bertz CT molecular complexity index is 1150. The molecule has 0 N–H and O–H groups in total. The summed E-state index contributed by atoms with van der Waals surface area (Å²) < 4.78 is 27.7. The largest absolute Gasteiger partial charge is 0.376 e. The Balaban J connectivity index is 1.79. The minimum Gasteiger partial charge on any atom is -0.376 e. The Labute approximate surface area is 225 Å². The van der Waals surface area contributed by atoms with Crippen LogP contribution in [-0.2, 0) is 14.6 Å². The Morgan fingerprint density at radius 1 is 1.03 bits per heavy atom. The van der Waals surface area contributed by atoms with E-state index in [9.17, 15) is 13.2 Å². The highest BCUT2D eigenvalue weighted by Gasteiger charge is 2.41. The van der Waals surface area contributed by atoms with E-state index in [0.29, 0.717) is 28.1 Å². The average Bonchev–Trinajstić information content (AvgIpc) is 2.85. The number of allylic oxidation sites excluding steroid dienone is 3. The average molecular weight is 527 g/mol. The van der Waals surface area contributed by atoms with Crippen molar-refractivity contribution in [3.8, 4) is 0 Å². The van der Waals surface area contributed by atoms with Gasteiger partial charge in [0.05, 0.1) is 9.80 Å². The Kier molecular flexibility index (Phi) is 9.15. The van der Waals surface area contributed by atoms with Gasteiger partial charge in [0.2, 0.25) is 9.84 Å². The van der Waals surface area contributed by atoms with Crippen LogP contribution in [0.15, 0.2) is 70.4 Å². The van der Waals surface area contributed by atoms with E-state index < -0.39 is 15.3 Å². The van der Waals surface area contributed by atoms with Gasteiger partial charge in [0, 0.05) is 61.1 Å². The second-order valence-corrected chi connectivity index (χ2v) is 14.1. The van der Waals surface area contributed by atoms with Crippen molar-refractivity contribution in [1.29, 1.82) is 0 Å². The SMILES string of the molecule is CCC(=O)C1=CN(CC(C)CCC2(C)CCN(CC(C)C)C=C2S(=O)(=O)c2ccccc2)C=CC1(C)C. The molecule has 2 heterocycles.